The van der Waals surface area contributed by atoms with Crippen molar-refractivity contribution in [1.82, 2.24) is 14.8 Å². The van der Waals surface area contributed by atoms with Gasteiger partial charge >= 0.3 is 12.0 Å². The molecule has 1 saturated heterocycles. The molecular weight excluding hydrogens is 430 g/mol. The van der Waals surface area contributed by atoms with E-state index in [2.05, 4.69) is 5.32 Å². The third kappa shape index (κ3) is 4.06. The third-order valence-electron chi connectivity index (χ3n) is 5.79. The standard InChI is InChI=1S/C27H21N3O4/c31-25-23(28-27(34)30(25)16-18-7-2-1-3-8-18)14-21-17-29(24-12-5-4-11-22(21)24)15-19-9-6-10-20(13-19)26(32)33/h1-14,17H,15-16H2,(H,28,34)(H,32,33)/b23-14+. The van der Waals surface area contributed by atoms with Crippen LogP contribution in [0.5, 0.6) is 0 Å². The van der Waals surface area contributed by atoms with Crippen LogP contribution in [0, 0.1) is 0 Å². The average molecular weight is 451 g/mol. The van der Waals surface area contributed by atoms with E-state index in [4.69, 9.17) is 0 Å². The van der Waals surface area contributed by atoms with Gasteiger partial charge in [-0.2, -0.15) is 0 Å². The molecule has 34 heavy (non-hydrogen) atoms. The number of carbonyl (C=O) groups excluding carboxylic acids is 2. The first kappa shape index (κ1) is 21.2. The summed E-state index contributed by atoms with van der Waals surface area (Å²) in [5.41, 5.74) is 3.89. The van der Waals surface area contributed by atoms with Gasteiger partial charge in [0, 0.05) is 29.2 Å². The number of hydrogen-bond acceptors (Lipinski definition) is 3. The highest BCUT2D eigenvalue weighted by Crippen LogP contribution is 2.26. The molecule has 2 N–H and O–H groups in total. The summed E-state index contributed by atoms with van der Waals surface area (Å²) in [6.45, 7) is 0.662. The molecule has 0 spiro atoms. The van der Waals surface area contributed by atoms with Crippen molar-refractivity contribution in [3.05, 3.63) is 113 Å². The first-order valence-corrected chi connectivity index (χ1v) is 10.8. The molecular formula is C27H21N3O4. The molecule has 3 aromatic carbocycles. The zero-order chi connectivity index (χ0) is 23.7. The maximum Gasteiger partial charge on any atom is 0.335 e. The Kier molecular flexibility index (Phi) is 5.43. The van der Waals surface area contributed by atoms with Gasteiger partial charge in [-0.15, -0.1) is 0 Å². The molecule has 0 atom stereocenters. The largest absolute Gasteiger partial charge is 0.478 e. The number of rotatable bonds is 6. The third-order valence-corrected chi connectivity index (χ3v) is 5.79. The molecule has 2 heterocycles. The second kappa shape index (κ2) is 8.71. The molecule has 1 aromatic heterocycles. The minimum absolute atomic E-state index is 0.199. The number of imide groups is 1. The lowest BCUT2D eigenvalue weighted by Gasteiger charge is -2.11. The number of urea groups is 1. The molecule has 1 aliphatic heterocycles. The van der Waals surface area contributed by atoms with Gasteiger partial charge in [-0.05, 0) is 35.4 Å². The predicted octanol–water partition coefficient (Wildman–Crippen LogP) is 4.48. The molecule has 0 bridgehead atoms. The minimum atomic E-state index is -0.972. The number of carboxylic acids is 1. The number of aromatic nitrogens is 1. The topological polar surface area (TPSA) is 91.6 Å². The van der Waals surface area contributed by atoms with E-state index in [1.54, 1.807) is 24.3 Å². The van der Waals surface area contributed by atoms with E-state index < -0.39 is 12.0 Å². The van der Waals surface area contributed by atoms with Crippen molar-refractivity contribution < 1.29 is 19.5 Å². The Bertz CT molecular complexity index is 1450. The SMILES string of the molecule is O=C(O)c1cccc(Cn2cc(/C=C3/NC(=O)N(Cc4ccccc4)C3=O)c3ccccc32)c1. The van der Waals surface area contributed by atoms with Gasteiger partial charge in [0.05, 0.1) is 12.1 Å². The van der Waals surface area contributed by atoms with Crippen LogP contribution in [-0.2, 0) is 17.9 Å². The van der Waals surface area contributed by atoms with Crippen molar-refractivity contribution in [2.24, 2.45) is 0 Å². The van der Waals surface area contributed by atoms with Crippen LogP contribution in [0.15, 0.2) is 90.8 Å². The molecule has 1 fully saturated rings. The van der Waals surface area contributed by atoms with Gasteiger partial charge in [0.15, 0.2) is 0 Å². The normalized spacial score (nSPS) is 14.7. The van der Waals surface area contributed by atoms with Crippen molar-refractivity contribution >= 4 is 34.9 Å². The molecule has 3 amide bonds. The molecule has 0 saturated carbocycles. The number of carboxylic acid groups (broad SMARTS) is 1. The molecule has 168 valence electrons. The predicted molar refractivity (Wildman–Crippen MR) is 128 cm³/mol. The second-order valence-electron chi connectivity index (χ2n) is 8.10. The summed E-state index contributed by atoms with van der Waals surface area (Å²) in [6.07, 6.45) is 3.60. The minimum Gasteiger partial charge on any atom is -0.478 e. The summed E-state index contributed by atoms with van der Waals surface area (Å²) in [5, 5.41) is 12.9. The molecule has 7 nitrogen and oxygen atoms in total. The molecule has 0 radical (unpaired) electrons. The molecule has 4 aromatic rings. The zero-order valence-corrected chi connectivity index (χ0v) is 18.1. The summed E-state index contributed by atoms with van der Waals surface area (Å²) in [5.74, 6) is -1.35. The van der Waals surface area contributed by atoms with Gasteiger partial charge < -0.3 is 15.0 Å². The maximum absolute atomic E-state index is 13.0. The van der Waals surface area contributed by atoms with Crippen LogP contribution in [0.25, 0.3) is 17.0 Å². The van der Waals surface area contributed by atoms with Crippen molar-refractivity contribution in [1.29, 1.82) is 0 Å². The van der Waals surface area contributed by atoms with E-state index in [0.717, 1.165) is 27.6 Å². The summed E-state index contributed by atoms with van der Waals surface area (Å²) in [4.78, 5) is 38.0. The van der Waals surface area contributed by atoms with Gasteiger partial charge in [0.2, 0.25) is 0 Å². The summed E-state index contributed by atoms with van der Waals surface area (Å²) < 4.78 is 2.01. The van der Waals surface area contributed by atoms with Crippen LogP contribution in [0.2, 0.25) is 0 Å². The number of benzene rings is 3. The lowest BCUT2D eigenvalue weighted by atomic mass is 10.1. The van der Waals surface area contributed by atoms with Crippen molar-refractivity contribution in [3.8, 4) is 0 Å². The van der Waals surface area contributed by atoms with Crippen LogP contribution in [0.4, 0.5) is 4.79 Å². The van der Waals surface area contributed by atoms with E-state index in [-0.39, 0.29) is 23.7 Å². The van der Waals surface area contributed by atoms with Crippen molar-refractivity contribution in [2.45, 2.75) is 13.1 Å². The van der Waals surface area contributed by atoms with Gasteiger partial charge in [0.25, 0.3) is 5.91 Å². The Morgan fingerprint density at radius 1 is 0.882 bits per heavy atom. The van der Waals surface area contributed by atoms with E-state index >= 15 is 0 Å². The molecule has 5 rings (SSSR count). The van der Waals surface area contributed by atoms with Crippen LogP contribution in [-0.4, -0.2) is 32.5 Å². The Labute approximate surface area is 195 Å². The quantitative estimate of drug-likeness (QED) is 0.334. The number of carbonyl (C=O) groups is 3. The second-order valence-corrected chi connectivity index (χ2v) is 8.10. The molecule has 0 aliphatic carbocycles. The van der Waals surface area contributed by atoms with Gasteiger partial charge in [0.1, 0.15) is 5.70 Å². The molecule has 0 unspecified atom stereocenters. The summed E-state index contributed by atoms with van der Waals surface area (Å²) >= 11 is 0. The Morgan fingerprint density at radius 2 is 1.62 bits per heavy atom. The molecule has 7 heteroatoms. The van der Waals surface area contributed by atoms with Gasteiger partial charge in [-0.1, -0.05) is 60.7 Å². The number of nitrogens with zero attached hydrogens (tertiary/aromatic N) is 2. The number of aromatic carboxylic acids is 1. The van der Waals surface area contributed by atoms with Crippen molar-refractivity contribution in [2.75, 3.05) is 0 Å². The summed E-state index contributed by atoms with van der Waals surface area (Å²) in [6, 6.07) is 23.5. The van der Waals surface area contributed by atoms with Gasteiger partial charge in [-0.25, -0.2) is 9.59 Å². The smallest absolute Gasteiger partial charge is 0.335 e. The fourth-order valence-corrected chi connectivity index (χ4v) is 4.16. The van der Waals surface area contributed by atoms with Crippen LogP contribution in [0.3, 0.4) is 0 Å². The number of amides is 3. The Morgan fingerprint density at radius 3 is 2.41 bits per heavy atom. The van der Waals surface area contributed by atoms with Crippen molar-refractivity contribution in [3.63, 3.8) is 0 Å². The Hall–Kier alpha value is -4.65. The average Bonchev–Trinajstić information content (AvgIpc) is 3.32. The number of hydrogen-bond donors (Lipinski definition) is 2. The fraction of sp³-hybridized carbons (Fsp3) is 0.0741. The van der Waals surface area contributed by atoms with E-state index in [1.807, 2.05) is 71.4 Å². The van der Waals surface area contributed by atoms with Gasteiger partial charge in [-0.3, -0.25) is 9.69 Å². The lowest BCUT2D eigenvalue weighted by Crippen LogP contribution is -2.30. The van der Waals surface area contributed by atoms with E-state index in [9.17, 15) is 19.5 Å². The summed E-state index contributed by atoms with van der Waals surface area (Å²) in [7, 11) is 0. The molecule has 1 aliphatic rings. The van der Waals surface area contributed by atoms with Crippen LogP contribution < -0.4 is 5.32 Å². The highest BCUT2D eigenvalue weighted by Gasteiger charge is 2.33. The fourth-order valence-electron chi connectivity index (χ4n) is 4.16. The highest BCUT2D eigenvalue weighted by molar-refractivity contribution is 6.14. The number of para-hydroxylation sites is 1. The van der Waals surface area contributed by atoms with Crippen LogP contribution >= 0.6 is 0 Å². The number of fused-ring (bicyclic) bond motifs is 1. The first-order chi connectivity index (χ1) is 16.5. The zero-order valence-electron chi connectivity index (χ0n) is 18.1. The Balaban J connectivity index is 1.46. The first-order valence-electron chi connectivity index (χ1n) is 10.8. The maximum atomic E-state index is 13.0. The van der Waals surface area contributed by atoms with Crippen LogP contribution in [0.1, 0.15) is 27.0 Å². The monoisotopic (exact) mass is 451 g/mol. The van der Waals surface area contributed by atoms with E-state index in [0.29, 0.717) is 6.54 Å². The van der Waals surface area contributed by atoms with E-state index in [1.165, 1.54) is 4.90 Å². The lowest BCUT2D eigenvalue weighted by molar-refractivity contribution is -0.123. The number of nitrogens with one attached hydrogen (secondary N) is 1. The highest BCUT2D eigenvalue weighted by atomic mass is 16.4.